The number of aromatic nitrogens is 3. The van der Waals surface area contributed by atoms with E-state index in [0.717, 1.165) is 0 Å². The molecule has 0 bridgehead atoms. The van der Waals surface area contributed by atoms with Gasteiger partial charge in [0.2, 0.25) is 0 Å². The first-order chi connectivity index (χ1) is 7.57. The molecule has 1 N–H and O–H groups in total. The Labute approximate surface area is 94.2 Å². The third-order valence-electron chi connectivity index (χ3n) is 2.17. The van der Waals surface area contributed by atoms with Crippen molar-refractivity contribution in [3.8, 4) is 0 Å². The first kappa shape index (κ1) is 12.6. The number of carboxylic acids is 1. The molecule has 0 saturated carbocycles. The zero-order valence-electron chi connectivity index (χ0n) is 9.80. The zero-order chi connectivity index (χ0) is 12.1. The summed E-state index contributed by atoms with van der Waals surface area (Å²) in [6.07, 6.45) is 0. The van der Waals surface area contributed by atoms with Gasteiger partial charge in [0.25, 0.3) is 0 Å². The smallest absolute Gasteiger partial charge is 0.358 e. The van der Waals surface area contributed by atoms with Crippen molar-refractivity contribution in [2.45, 2.75) is 33.2 Å². The van der Waals surface area contributed by atoms with Crippen LogP contribution in [0.4, 0.5) is 0 Å². The molecule has 6 nitrogen and oxygen atoms in total. The Morgan fingerprint density at radius 3 is 2.75 bits per heavy atom. The third-order valence-corrected chi connectivity index (χ3v) is 2.17. The van der Waals surface area contributed by atoms with Crippen molar-refractivity contribution in [3.05, 3.63) is 11.4 Å². The average molecular weight is 227 g/mol. The SMILES string of the molecule is CCOCCn1nnc(C(=O)O)c1C(C)C. The lowest BCUT2D eigenvalue weighted by Crippen LogP contribution is -2.13. The van der Waals surface area contributed by atoms with Crippen LogP contribution >= 0.6 is 0 Å². The van der Waals surface area contributed by atoms with Crippen molar-refractivity contribution in [3.63, 3.8) is 0 Å². The molecular formula is C10H17N3O3. The summed E-state index contributed by atoms with van der Waals surface area (Å²) in [6.45, 7) is 7.43. The molecule has 16 heavy (non-hydrogen) atoms. The number of carboxylic acid groups (broad SMARTS) is 1. The molecule has 0 aliphatic heterocycles. The van der Waals surface area contributed by atoms with Crippen LogP contribution in [-0.2, 0) is 11.3 Å². The van der Waals surface area contributed by atoms with Crippen molar-refractivity contribution in [2.75, 3.05) is 13.2 Å². The highest BCUT2D eigenvalue weighted by Crippen LogP contribution is 2.17. The number of ether oxygens (including phenoxy) is 1. The van der Waals surface area contributed by atoms with Gasteiger partial charge in [0.1, 0.15) is 0 Å². The van der Waals surface area contributed by atoms with Gasteiger partial charge >= 0.3 is 5.97 Å². The molecule has 1 rings (SSSR count). The lowest BCUT2D eigenvalue weighted by Gasteiger charge is -2.09. The predicted molar refractivity (Wildman–Crippen MR) is 57.6 cm³/mol. The van der Waals surface area contributed by atoms with Gasteiger partial charge in [-0.25, -0.2) is 9.48 Å². The minimum atomic E-state index is -1.04. The molecule has 0 saturated heterocycles. The number of hydrogen-bond donors (Lipinski definition) is 1. The number of aromatic carboxylic acids is 1. The molecule has 0 radical (unpaired) electrons. The zero-order valence-corrected chi connectivity index (χ0v) is 9.80. The van der Waals surface area contributed by atoms with E-state index < -0.39 is 5.97 Å². The molecule has 0 aliphatic rings. The molecule has 1 heterocycles. The van der Waals surface area contributed by atoms with Gasteiger partial charge in [-0.1, -0.05) is 19.1 Å². The lowest BCUT2D eigenvalue weighted by molar-refractivity contribution is 0.0688. The molecule has 0 amide bonds. The Morgan fingerprint density at radius 1 is 1.56 bits per heavy atom. The minimum absolute atomic E-state index is 0.0338. The summed E-state index contributed by atoms with van der Waals surface area (Å²) in [5.74, 6) is -0.964. The van der Waals surface area contributed by atoms with E-state index in [1.54, 1.807) is 4.68 Å². The van der Waals surface area contributed by atoms with Crippen LogP contribution in [0.5, 0.6) is 0 Å². The number of rotatable bonds is 6. The summed E-state index contributed by atoms with van der Waals surface area (Å²) in [5, 5.41) is 16.5. The Morgan fingerprint density at radius 2 is 2.25 bits per heavy atom. The van der Waals surface area contributed by atoms with E-state index >= 15 is 0 Å². The van der Waals surface area contributed by atoms with Crippen molar-refractivity contribution in [1.29, 1.82) is 0 Å². The van der Waals surface area contributed by atoms with E-state index in [4.69, 9.17) is 9.84 Å². The van der Waals surface area contributed by atoms with Gasteiger partial charge in [-0.2, -0.15) is 0 Å². The van der Waals surface area contributed by atoms with Crippen LogP contribution in [0.25, 0.3) is 0 Å². The molecule has 1 aromatic rings. The molecule has 1 aromatic heterocycles. The van der Waals surface area contributed by atoms with Gasteiger partial charge in [-0.15, -0.1) is 5.10 Å². The van der Waals surface area contributed by atoms with Gasteiger partial charge in [0.05, 0.1) is 18.8 Å². The largest absolute Gasteiger partial charge is 0.476 e. The normalized spacial score (nSPS) is 11.0. The summed E-state index contributed by atoms with van der Waals surface area (Å²) in [5.41, 5.74) is 0.679. The van der Waals surface area contributed by atoms with E-state index in [-0.39, 0.29) is 11.6 Å². The van der Waals surface area contributed by atoms with Gasteiger partial charge in [0.15, 0.2) is 5.69 Å². The summed E-state index contributed by atoms with van der Waals surface area (Å²) in [7, 11) is 0. The molecule has 0 unspecified atom stereocenters. The molecule has 0 fully saturated rings. The van der Waals surface area contributed by atoms with Crippen LogP contribution in [0, 0.1) is 0 Å². The maximum atomic E-state index is 10.9. The van der Waals surface area contributed by atoms with Crippen molar-refractivity contribution < 1.29 is 14.6 Å². The number of carbonyl (C=O) groups is 1. The fourth-order valence-electron chi connectivity index (χ4n) is 1.50. The molecule has 0 spiro atoms. The second kappa shape index (κ2) is 5.60. The van der Waals surface area contributed by atoms with Crippen LogP contribution < -0.4 is 0 Å². The van der Waals surface area contributed by atoms with Crippen LogP contribution in [0.2, 0.25) is 0 Å². The molecule has 90 valence electrons. The summed E-state index contributed by atoms with van der Waals surface area (Å²) >= 11 is 0. The van der Waals surface area contributed by atoms with E-state index in [9.17, 15) is 4.79 Å². The highest BCUT2D eigenvalue weighted by Gasteiger charge is 2.20. The van der Waals surface area contributed by atoms with Gasteiger partial charge < -0.3 is 9.84 Å². The van der Waals surface area contributed by atoms with E-state index in [1.807, 2.05) is 20.8 Å². The lowest BCUT2D eigenvalue weighted by atomic mass is 10.1. The molecular weight excluding hydrogens is 210 g/mol. The minimum Gasteiger partial charge on any atom is -0.476 e. The fourth-order valence-corrected chi connectivity index (χ4v) is 1.50. The van der Waals surface area contributed by atoms with Crippen LogP contribution in [0.3, 0.4) is 0 Å². The Balaban J connectivity index is 2.87. The molecule has 0 atom stereocenters. The standard InChI is InChI=1S/C10H17N3O3/c1-4-16-6-5-13-9(7(2)3)8(10(14)15)11-12-13/h7H,4-6H2,1-3H3,(H,14,15). The van der Waals surface area contributed by atoms with E-state index in [2.05, 4.69) is 10.3 Å². The first-order valence-electron chi connectivity index (χ1n) is 5.32. The van der Waals surface area contributed by atoms with E-state index in [0.29, 0.717) is 25.5 Å². The van der Waals surface area contributed by atoms with Gasteiger partial charge in [0, 0.05) is 6.61 Å². The average Bonchev–Trinajstić information content (AvgIpc) is 2.62. The molecule has 0 aromatic carbocycles. The summed E-state index contributed by atoms with van der Waals surface area (Å²) in [6, 6.07) is 0. The van der Waals surface area contributed by atoms with E-state index in [1.165, 1.54) is 0 Å². The summed E-state index contributed by atoms with van der Waals surface area (Å²) in [4.78, 5) is 10.9. The van der Waals surface area contributed by atoms with Crippen LogP contribution in [0.15, 0.2) is 0 Å². The number of nitrogens with zero attached hydrogens (tertiary/aromatic N) is 3. The van der Waals surface area contributed by atoms with Crippen molar-refractivity contribution >= 4 is 5.97 Å². The van der Waals surface area contributed by atoms with Gasteiger partial charge in [-0.05, 0) is 12.8 Å². The van der Waals surface area contributed by atoms with Crippen LogP contribution in [0.1, 0.15) is 42.9 Å². The Kier molecular flexibility index (Phi) is 4.42. The maximum Gasteiger partial charge on any atom is 0.358 e. The predicted octanol–water partition coefficient (Wildman–Crippen LogP) is 1.14. The Hall–Kier alpha value is -1.43. The monoisotopic (exact) mass is 227 g/mol. The van der Waals surface area contributed by atoms with Gasteiger partial charge in [-0.3, -0.25) is 0 Å². The quantitative estimate of drug-likeness (QED) is 0.737. The topological polar surface area (TPSA) is 77.2 Å². The first-order valence-corrected chi connectivity index (χ1v) is 5.32. The maximum absolute atomic E-state index is 10.9. The second-order valence-electron chi connectivity index (χ2n) is 3.70. The highest BCUT2D eigenvalue weighted by molar-refractivity contribution is 5.86. The number of hydrogen-bond acceptors (Lipinski definition) is 4. The summed E-state index contributed by atoms with van der Waals surface area (Å²) < 4.78 is 6.81. The highest BCUT2D eigenvalue weighted by atomic mass is 16.5. The fraction of sp³-hybridized carbons (Fsp3) is 0.700. The Bertz CT molecular complexity index is 360. The van der Waals surface area contributed by atoms with Crippen LogP contribution in [-0.4, -0.2) is 39.3 Å². The molecule has 6 heteroatoms. The van der Waals surface area contributed by atoms with Crippen molar-refractivity contribution in [1.82, 2.24) is 15.0 Å². The third kappa shape index (κ3) is 2.79. The molecule has 0 aliphatic carbocycles. The van der Waals surface area contributed by atoms with Crippen molar-refractivity contribution in [2.24, 2.45) is 0 Å². The second-order valence-corrected chi connectivity index (χ2v) is 3.70.